The van der Waals surface area contributed by atoms with E-state index in [1.165, 1.54) is 6.07 Å². The van der Waals surface area contributed by atoms with Crippen molar-refractivity contribution in [3.05, 3.63) is 63.2 Å². The van der Waals surface area contributed by atoms with E-state index in [1.54, 1.807) is 23.9 Å². The molecular weight excluding hydrogens is 346 g/mol. The molecule has 0 aliphatic heterocycles. The highest BCUT2D eigenvalue weighted by Gasteiger charge is 2.26. The Labute approximate surface area is 159 Å². The highest BCUT2D eigenvalue weighted by molar-refractivity contribution is 7.98. The molecule has 0 atom stereocenters. The molecule has 1 N–H and O–H groups in total. The second kappa shape index (κ2) is 7.31. The lowest BCUT2D eigenvalue weighted by Crippen LogP contribution is -2.17. The molecule has 0 heterocycles. The minimum Gasteiger partial charge on any atom is -0.507 e. The lowest BCUT2D eigenvalue weighted by molar-refractivity contribution is -0.384. The van der Waals surface area contributed by atoms with Gasteiger partial charge >= 0.3 is 0 Å². The van der Waals surface area contributed by atoms with E-state index < -0.39 is 0 Å². The average molecular weight is 374 g/mol. The van der Waals surface area contributed by atoms with Gasteiger partial charge in [-0.2, -0.15) is 0 Å². The number of hydrogen-bond acceptors (Lipinski definition) is 4. The summed E-state index contributed by atoms with van der Waals surface area (Å²) in [6, 6.07) is 10.8. The second-order valence-corrected chi connectivity index (χ2v) is 9.63. The van der Waals surface area contributed by atoms with E-state index in [0.717, 1.165) is 21.6 Å². The van der Waals surface area contributed by atoms with E-state index in [4.69, 9.17) is 0 Å². The van der Waals surface area contributed by atoms with Crippen LogP contribution < -0.4 is 0 Å². The number of thioether (sulfide) groups is 1. The third-order valence-electron chi connectivity index (χ3n) is 4.23. The minimum atomic E-state index is -0.371. The van der Waals surface area contributed by atoms with E-state index in [-0.39, 0.29) is 21.4 Å². The van der Waals surface area contributed by atoms with Gasteiger partial charge in [0.05, 0.1) is 4.92 Å². The molecule has 0 amide bonds. The molecule has 0 radical (unpaired) electrons. The van der Waals surface area contributed by atoms with Gasteiger partial charge in [0.2, 0.25) is 0 Å². The van der Waals surface area contributed by atoms with Crippen molar-refractivity contribution in [1.82, 2.24) is 0 Å². The normalized spacial score (nSPS) is 12.2. The number of hydrogen-bond donors (Lipinski definition) is 1. The third-order valence-corrected chi connectivity index (χ3v) is 5.27. The van der Waals surface area contributed by atoms with Crippen LogP contribution in [0, 0.1) is 10.1 Å². The zero-order valence-corrected chi connectivity index (χ0v) is 17.1. The summed E-state index contributed by atoms with van der Waals surface area (Å²) in [5.41, 5.74) is 2.52. The first-order chi connectivity index (χ1) is 11.9. The number of phenols is 1. The number of rotatable bonds is 4. The summed E-state index contributed by atoms with van der Waals surface area (Å²) in [6.45, 7) is 12.5. The topological polar surface area (TPSA) is 63.4 Å². The first-order valence-electron chi connectivity index (χ1n) is 8.63. The Morgan fingerprint density at radius 3 is 2.00 bits per heavy atom. The Bertz CT molecular complexity index is 782. The maximum atomic E-state index is 10.9. The Balaban J connectivity index is 2.38. The Kier molecular flexibility index (Phi) is 5.71. The van der Waals surface area contributed by atoms with Crippen LogP contribution >= 0.6 is 11.8 Å². The lowest BCUT2D eigenvalue weighted by atomic mass is 9.79. The molecule has 140 valence electrons. The first-order valence-corrected chi connectivity index (χ1v) is 9.62. The predicted molar refractivity (Wildman–Crippen MR) is 108 cm³/mol. The van der Waals surface area contributed by atoms with Gasteiger partial charge in [-0.15, -0.1) is 11.8 Å². The van der Waals surface area contributed by atoms with Crippen molar-refractivity contribution in [3.63, 3.8) is 0 Å². The fraction of sp³-hybridized carbons (Fsp3) is 0.429. The fourth-order valence-corrected chi connectivity index (χ4v) is 3.68. The summed E-state index contributed by atoms with van der Waals surface area (Å²) in [5.74, 6) is 1.00. The summed E-state index contributed by atoms with van der Waals surface area (Å²) < 4.78 is 0. The van der Waals surface area contributed by atoms with Gasteiger partial charge in [-0.3, -0.25) is 10.1 Å². The standard InChI is InChI=1S/C21H27NO3S/c1-20(2,3)17-11-16(12-18(19(17)23)21(4,5)6)26-13-14-8-7-9-15(10-14)22(24)25/h7-12,23H,13H2,1-6H3. The SMILES string of the molecule is CC(C)(C)c1cc(SCc2cccc([N+](=O)[O-])c2)cc(C(C)(C)C)c1O. The second-order valence-electron chi connectivity index (χ2n) is 8.58. The van der Waals surface area contributed by atoms with Crippen molar-refractivity contribution >= 4 is 17.4 Å². The number of nitrogens with zero attached hydrogens (tertiary/aromatic N) is 1. The van der Waals surface area contributed by atoms with Gasteiger partial charge in [-0.1, -0.05) is 53.7 Å². The largest absolute Gasteiger partial charge is 0.507 e. The molecular formula is C21H27NO3S. The molecule has 0 unspecified atom stereocenters. The van der Waals surface area contributed by atoms with Crippen LogP contribution in [0.3, 0.4) is 0 Å². The van der Waals surface area contributed by atoms with E-state index in [2.05, 4.69) is 41.5 Å². The highest BCUT2D eigenvalue weighted by Crippen LogP contribution is 2.42. The maximum absolute atomic E-state index is 10.9. The first kappa shape index (κ1) is 20.3. The van der Waals surface area contributed by atoms with Crippen LogP contribution in [0.15, 0.2) is 41.3 Å². The van der Waals surface area contributed by atoms with Crippen molar-refractivity contribution in [3.8, 4) is 5.75 Å². The Morgan fingerprint density at radius 2 is 1.54 bits per heavy atom. The molecule has 0 aliphatic carbocycles. The lowest BCUT2D eigenvalue weighted by Gasteiger charge is -2.28. The summed E-state index contributed by atoms with van der Waals surface area (Å²) in [7, 11) is 0. The zero-order valence-electron chi connectivity index (χ0n) is 16.3. The smallest absolute Gasteiger partial charge is 0.269 e. The Hall–Kier alpha value is -2.01. The molecule has 0 aromatic heterocycles. The van der Waals surface area contributed by atoms with Crippen LogP contribution in [0.4, 0.5) is 5.69 Å². The summed E-state index contributed by atoms with van der Waals surface area (Å²) >= 11 is 1.63. The van der Waals surface area contributed by atoms with Crippen LogP contribution in [0.5, 0.6) is 5.75 Å². The average Bonchev–Trinajstić information content (AvgIpc) is 2.51. The van der Waals surface area contributed by atoms with Gasteiger partial charge in [0.1, 0.15) is 5.75 Å². The van der Waals surface area contributed by atoms with Crippen molar-refractivity contribution in [1.29, 1.82) is 0 Å². The van der Waals surface area contributed by atoms with E-state index in [0.29, 0.717) is 11.5 Å². The van der Waals surface area contributed by atoms with Crippen LogP contribution in [0.1, 0.15) is 58.2 Å². The van der Waals surface area contributed by atoms with Gasteiger partial charge < -0.3 is 5.11 Å². The monoisotopic (exact) mass is 373 g/mol. The van der Waals surface area contributed by atoms with E-state index >= 15 is 0 Å². The van der Waals surface area contributed by atoms with Crippen LogP contribution in [0.2, 0.25) is 0 Å². The van der Waals surface area contributed by atoms with Gasteiger partial charge in [-0.25, -0.2) is 0 Å². The van der Waals surface area contributed by atoms with Gasteiger partial charge in [-0.05, 0) is 28.5 Å². The zero-order chi connectivity index (χ0) is 19.7. The van der Waals surface area contributed by atoms with Gasteiger partial charge in [0.15, 0.2) is 0 Å². The van der Waals surface area contributed by atoms with Gasteiger partial charge in [0.25, 0.3) is 5.69 Å². The Morgan fingerprint density at radius 1 is 1.00 bits per heavy atom. The molecule has 0 bridgehead atoms. The van der Waals surface area contributed by atoms with Crippen molar-refractivity contribution in [2.75, 3.05) is 0 Å². The summed E-state index contributed by atoms with van der Waals surface area (Å²) in [6.07, 6.45) is 0. The van der Waals surface area contributed by atoms with Crippen molar-refractivity contribution < 1.29 is 10.0 Å². The predicted octanol–water partition coefficient (Wildman–Crippen LogP) is 6.19. The molecule has 2 aromatic carbocycles. The maximum Gasteiger partial charge on any atom is 0.269 e. The van der Waals surface area contributed by atoms with Gasteiger partial charge in [0, 0.05) is 33.9 Å². The number of aromatic hydroxyl groups is 1. The number of benzene rings is 2. The quantitative estimate of drug-likeness (QED) is 0.394. The number of nitro groups is 1. The molecule has 2 rings (SSSR count). The molecule has 4 nitrogen and oxygen atoms in total. The van der Waals surface area contributed by atoms with Crippen LogP contribution in [-0.4, -0.2) is 10.0 Å². The molecule has 0 saturated carbocycles. The molecule has 0 fully saturated rings. The molecule has 2 aromatic rings. The number of nitro benzene ring substituents is 1. The molecule has 0 spiro atoms. The van der Waals surface area contributed by atoms with Crippen molar-refractivity contribution in [2.24, 2.45) is 0 Å². The van der Waals surface area contributed by atoms with E-state index in [9.17, 15) is 15.2 Å². The number of phenolic OH excluding ortho intramolecular Hbond substituents is 1. The number of non-ortho nitro benzene ring substituents is 1. The summed E-state index contributed by atoms with van der Waals surface area (Å²) in [5, 5.41) is 21.7. The molecule has 0 saturated heterocycles. The van der Waals surface area contributed by atoms with Crippen LogP contribution in [0.25, 0.3) is 0 Å². The highest BCUT2D eigenvalue weighted by atomic mass is 32.2. The molecule has 0 aliphatic rings. The summed E-state index contributed by atoms with van der Waals surface area (Å²) in [4.78, 5) is 11.6. The molecule has 5 heteroatoms. The molecule has 26 heavy (non-hydrogen) atoms. The van der Waals surface area contributed by atoms with Crippen molar-refractivity contribution in [2.45, 2.75) is 63.0 Å². The third kappa shape index (κ3) is 4.79. The fourth-order valence-electron chi connectivity index (χ4n) is 2.76. The minimum absolute atomic E-state index is 0.111. The van der Waals surface area contributed by atoms with Crippen LogP contribution in [-0.2, 0) is 16.6 Å². The van der Waals surface area contributed by atoms with E-state index in [1.807, 2.05) is 18.2 Å².